The quantitative estimate of drug-likeness (QED) is 0.745. The predicted octanol–water partition coefficient (Wildman–Crippen LogP) is 1.14. The normalized spacial score (nSPS) is 32.3. The molecule has 2 aliphatic rings. The van der Waals surface area contributed by atoms with Crippen molar-refractivity contribution in [3.05, 3.63) is 0 Å². The van der Waals surface area contributed by atoms with Gasteiger partial charge in [-0.15, -0.1) is 11.8 Å². The number of piperidine rings is 1. The summed E-state index contributed by atoms with van der Waals surface area (Å²) in [6, 6.07) is 0.369. The van der Waals surface area contributed by atoms with Gasteiger partial charge in [-0.3, -0.25) is 4.79 Å². The molecule has 2 N–H and O–H groups in total. The van der Waals surface area contributed by atoms with E-state index in [1.54, 1.807) is 0 Å². The highest BCUT2D eigenvalue weighted by atomic mass is 32.2. The maximum Gasteiger partial charge on any atom is 0.233 e. The van der Waals surface area contributed by atoms with Gasteiger partial charge in [-0.2, -0.15) is 0 Å². The molecule has 0 aromatic carbocycles. The number of carbonyl (C=O) groups is 1. The summed E-state index contributed by atoms with van der Waals surface area (Å²) in [5.41, 5.74) is 0. The average Bonchev–Trinajstić information content (AvgIpc) is 2.31. The first-order chi connectivity index (χ1) is 7.36. The predicted molar refractivity (Wildman–Crippen MR) is 64.1 cm³/mol. The van der Waals surface area contributed by atoms with Crippen LogP contribution in [0.3, 0.4) is 0 Å². The smallest absolute Gasteiger partial charge is 0.233 e. The zero-order chi connectivity index (χ0) is 10.5. The molecule has 0 bridgehead atoms. The number of rotatable bonds is 2. The van der Waals surface area contributed by atoms with Crippen LogP contribution >= 0.6 is 11.8 Å². The monoisotopic (exact) mass is 228 g/mol. The van der Waals surface area contributed by atoms with Crippen LogP contribution in [0.25, 0.3) is 0 Å². The van der Waals surface area contributed by atoms with Crippen LogP contribution in [0.5, 0.6) is 0 Å². The number of hydrogen-bond donors (Lipinski definition) is 2. The van der Waals surface area contributed by atoms with Gasteiger partial charge in [0.2, 0.25) is 5.91 Å². The largest absolute Gasteiger partial charge is 0.351 e. The van der Waals surface area contributed by atoms with E-state index < -0.39 is 0 Å². The molecule has 0 saturated carbocycles. The third kappa shape index (κ3) is 3.38. The van der Waals surface area contributed by atoms with Crippen LogP contribution in [-0.2, 0) is 4.79 Å². The highest BCUT2D eigenvalue weighted by Gasteiger charge is 2.24. The Hall–Kier alpha value is -0.220. The Morgan fingerprint density at radius 1 is 1.27 bits per heavy atom. The lowest BCUT2D eigenvalue weighted by Gasteiger charge is -2.27. The van der Waals surface area contributed by atoms with E-state index in [1.807, 2.05) is 11.8 Å². The molecular weight excluding hydrogens is 208 g/mol. The van der Waals surface area contributed by atoms with E-state index in [9.17, 15) is 4.79 Å². The molecule has 1 amide bonds. The molecule has 4 heteroatoms. The van der Waals surface area contributed by atoms with Crippen LogP contribution in [-0.4, -0.2) is 36.0 Å². The summed E-state index contributed by atoms with van der Waals surface area (Å²) in [6.45, 7) is 2.05. The van der Waals surface area contributed by atoms with Gasteiger partial charge in [-0.1, -0.05) is 6.42 Å². The van der Waals surface area contributed by atoms with Gasteiger partial charge >= 0.3 is 0 Å². The molecule has 1 unspecified atom stereocenters. The molecule has 2 aliphatic heterocycles. The van der Waals surface area contributed by atoms with E-state index in [-0.39, 0.29) is 11.2 Å². The first-order valence-corrected chi connectivity index (χ1v) is 7.04. The van der Waals surface area contributed by atoms with E-state index in [0.29, 0.717) is 6.04 Å². The van der Waals surface area contributed by atoms with E-state index in [0.717, 1.165) is 31.7 Å². The van der Waals surface area contributed by atoms with Crippen molar-refractivity contribution in [3.63, 3.8) is 0 Å². The van der Waals surface area contributed by atoms with Gasteiger partial charge < -0.3 is 10.6 Å². The minimum absolute atomic E-state index is 0.223. The highest BCUT2D eigenvalue weighted by molar-refractivity contribution is 8.00. The number of hydrogen-bond acceptors (Lipinski definition) is 3. The summed E-state index contributed by atoms with van der Waals surface area (Å²) in [7, 11) is 0. The highest BCUT2D eigenvalue weighted by Crippen LogP contribution is 2.25. The lowest BCUT2D eigenvalue weighted by Crippen LogP contribution is -2.48. The topological polar surface area (TPSA) is 41.1 Å². The van der Waals surface area contributed by atoms with Crippen molar-refractivity contribution in [1.29, 1.82) is 0 Å². The molecule has 2 heterocycles. The van der Waals surface area contributed by atoms with Crippen LogP contribution in [0.15, 0.2) is 0 Å². The van der Waals surface area contributed by atoms with Crippen LogP contribution in [0.4, 0.5) is 0 Å². The molecule has 86 valence electrons. The Morgan fingerprint density at radius 2 is 2.20 bits per heavy atom. The fraction of sp³-hybridized carbons (Fsp3) is 0.909. The molecular formula is C11H20N2OS. The fourth-order valence-corrected chi connectivity index (χ4v) is 3.42. The SMILES string of the molecule is O=C(N[C@@H]1CCCNC1)C1CCCCS1. The summed E-state index contributed by atoms with van der Waals surface area (Å²) in [6.07, 6.45) is 5.88. The number of amides is 1. The van der Waals surface area contributed by atoms with Crippen molar-refractivity contribution in [2.45, 2.75) is 43.4 Å². The first-order valence-electron chi connectivity index (χ1n) is 5.99. The lowest BCUT2D eigenvalue weighted by molar-refractivity contribution is -0.121. The van der Waals surface area contributed by atoms with Gasteiger partial charge in [-0.05, 0) is 38.0 Å². The van der Waals surface area contributed by atoms with E-state index >= 15 is 0 Å². The number of nitrogens with one attached hydrogen (secondary N) is 2. The van der Waals surface area contributed by atoms with E-state index in [2.05, 4.69) is 10.6 Å². The Kier molecular flexibility index (Phi) is 4.32. The van der Waals surface area contributed by atoms with Crippen LogP contribution in [0, 0.1) is 0 Å². The molecule has 15 heavy (non-hydrogen) atoms. The summed E-state index contributed by atoms with van der Waals surface area (Å²) in [5, 5.41) is 6.71. The third-order valence-electron chi connectivity index (χ3n) is 3.12. The van der Waals surface area contributed by atoms with Crippen LogP contribution in [0.1, 0.15) is 32.1 Å². The lowest BCUT2D eigenvalue weighted by atomic mass is 10.1. The maximum atomic E-state index is 11.9. The van der Waals surface area contributed by atoms with Crippen molar-refractivity contribution < 1.29 is 4.79 Å². The number of carbonyl (C=O) groups excluding carboxylic acids is 1. The number of thioether (sulfide) groups is 1. The van der Waals surface area contributed by atoms with Crippen molar-refractivity contribution in [1.82, 2.24) is 10.6 Å². The van der Waals surface area contributed by atoms with Crippen LogP contribution in [0.2, 0.25) is 0 Å². The van der Waals surface area contributed by atoms with Crippen molar-refractivity contribution in [3.8, 4) is 0 Å². The molecule has 2 saturated heterocycles. The van der Waals surface area contributed by atoms with Gasteiger partial charge in [0, 0.05) is 12.6 Å². The molecule has 0 aromatic rings. The average molecular weight is 228 g/mol. The van der Waals surface area contributed by atoms with Crippen molar-refractivity contribution in [2.24, 2.45) is 0 Å². The van der Waals surface area contributed by atoms with Gasteiger partial charge in [0.25, 0.3) is 0 Å². The summed E-state index contributed by atoms with van der Waals surface area (Å²) < 4.78 is 0. The van der Waals surface area contributed by atoms with E-state index in [1.165, 1.54) is 19.3 Å². The second-order valence-electron chi connectivity index (χ2n) is 4.41. The summed E-state index contributed by atoms with van der Waals surface area (Å²) in [5.74, 6) is 1.43. The zero-order valence-corrected chi connectivity index (χ0v) is 9.94. The van der Waals surface area contributed by atoms with Gasteiger partial charge in [0.1, 0.15) is 0 Å². The standard InChI is InChI=1S/C11H20N2OS/c14-11(10-5-1-2-7-15-10)13-9-4-3-6-12-8-9/h9-10,12H,1-8H2,(H,13,14)/t9-,10?/m1/s1. The molecule has 3 nitrogen and oxygen atoms in total. The molecule has 2 rings (SSSR count). The fourth-order valence-electron chi connectivity index (χ4n) is 2.22. The Morgan fingerprint density at radius 3 is 2.87 bits per heavy atom. The second-order valence-corrected chi connectivity index (χ2v) is 5.72. The molecule has 2 atom stereocenters. The second kappa shape index (κ2) is 5.75. The Balaban J connectivity index is 1.74. The van der Waals surface area contributed by atoms with Gasteiger partial charge in [-0.25, -0.2) is 0 Å². The molecule has 2 fully saturated rings. The third-order valence-corrected chi connectivity index (χ3v) is 4.49. The molecule has 0 aliphatic carbocycles. The van der Waals surface area contributed by atoms with Crippen molar-refractivity contribution in [2.75, 3.05) is 18.8 Å². The molecule has 0 spiro atoms. The zero-order valence-electron chi connectivity index (χ0n) is 9.13. The Bertz CT molecular complexity index is 211. The maximum absolute atomic E-state index is 11.9. The van der Waals surface area contributed by atoms with Crippen molar-refractivity contribution >= 4 is 17.7 Å². The van der Waals surface area contributed by atoms with E-state index in [4.69, 9.17) is 0 Å². The van der Waals surface area contributed by atoms with Crippen LogP contribution < -0.4 is 10.6 Å². The summed E-state index contributed by atoms with van der Waals surface area (Å²) >= 11 is 1.83. The Labute approximate surface area is 95.8 Å². The van der Waals surface area contributed by atoms with Gasteiger partial charge in [0.05, 0.1) is 5.25 Å². The van der Waals surface area contributed by atoms with Gasteiger partial charge in [0.15, 0.2) is 0 Å². The minimum Gasteiger partial charge on any atom is -0.351 e. The summed E-state index contributed by atoms with van der Waals surface area (Å²) in [4.78, 5) is 11.9. The molecule has 0 aromatic heterocycles. The minimum atomic E-state index is 0.223. The molecule has 0 radical (unpaired) electrons. The first kappa shape index (κ1) is 11.3.